The van der Waals surface area contributed by atoms with Crippen molar-refractivity contribution in [1.29, 1.82) is 0 Å². The van der Waals surface area contributed by atoms with Crippen LogP contribution in [0.5, 0.6) is 0 Å². The molecule has 2 saturated heterocycles. The van der Waals surface area contributed by atoms with Crippen molar-refractivity contribution >= 4 is 28.9 Å². The van der Waals surface area contributed by atoms with Crippen molar-refractivity contribution in [3.05, 3.63) is 36.4 Å². The molecule has 0 atom stereocenters. The molecule has 4 heteroatoms. The number of carbonyl (C=O) groups is 1. The molecule has 0 spiro atoms. The van der Waals surface area contributed by atoms with Crippen LogP contribution in [-0.4, -0.2) is 22.5 Å². The number of hydrogen-bond donors (Lipinski definition) is 0. The maximum Gasteiger partial charge on any atom is 0.262 e. The molecule has 1 aromatic carbocycles. The average Bonchev–Trinajstić information content (AvgIpc) is 2.86. The number of benzene rings is 1. The van der Waals surface area contributed by atoms with Crippen molar-refractivity contribution in [3.63, 3.8) is 0 Å². The van der Waals surface area contributed by atoms with Crippen LogP contribution < -0.4 is 4.90 Å². The highest BCUT2D eigenvalue weighted by atomic mass is 32.1. The second-order valence-electron chi connectivity index (χ2n) is 3.96. The highest BCUT2D eigenvalue weighted by Crippen LogP contribution is 2.35. The fourth-order valence-electron chi connectivity index (χ4n) is 2.25. The van der Waals surface area contributed by atoms with Crippen LogP contribution in [0.15, 0.2) is 30.3 Å². The monoisotopic (exact) mass is 231 g/mol. The Kier molecular flexibility index (Phi) is 2.17. The van der Waals surface area contributed by atoms with Crippen molar-refractivity contribution in [2.24, 2.45) is 0 Å². The van der Waals surface area contributed by atoms with Gasteiger partial charge in [-0.05, 0) is 37.2 Å². The molecule has 0 bridgehead atoms. The third-order valence-corrected chi connectivity index (χ3v) is 3.41. The molecule has 0 unspecified atom stereocenters. The number of amides is 1. The largest absolute Gasteiger partial charge is 0.331 e. The van der Waals surface area contributed by atoms with Gasteiger partial charge in [-0.1, -0.05) is 18.2 Å². The summed E-state index contributed by atoms with van der Waals surface area (Å²) in [6.07, 6.45) is 1.88. The molecule has 2 heterocycles. The zero-order valence-corrected chi connectivity index (χ0v) is 9.54. The van der Waals surface area contributed by atoms with Crippen LogP contribution in [0, 0.1) is 6.04 Å². The second kappa shape index (κ2) is 3.56. The highest BCUT2D eigenvalue weighted by molar-refractivity contribution is 7.80. The van der Waals surface area contributed by atoms with E-state index in [1.807, 2.05) is 35.2 Å². The Morgan fingerprint density at radius 1 is 1.19 bits per heavy atom. The fraction of sp³-hybridized carbons (Fsp3) is 0.250. The topological polar surface area (TPSA) is 23.6 Å². The Morgan fingerprint density at radius 2 is 1.94 bits per heavy atom. The van der Waals surface area contributed by atoms with E-state index in [-0.39, 0.29) is 5.91 Å². The molecule has 2 aliphatic heterocycles. The van der Waals surface area contributed by atoms with E-state index < -0.39 is 0 Å². The maximum absolute atomic E-state index is 12.2. The van der Waals surface area contributed by atoms with E-state index in [2.05, 4.69) is 0 Å². The van der Waals surface area contributed by atoms with Crippen molar-refractivity contribution in [1.82, 2.24) is 4.90 Å². The number of anilines is 1. The summed E-state index contributed by atoms with van der Waals surface area (Å²) in [6.45, 7) is 0.878. The normalized spacial score (nSPS) is 20.8. The van der Waals surface area contributed by atoms with Gasteiger partial charge in [-0.15, -0.1) is 0 Å². The number of fused-ring (bicyclic) bond motifs is 1. The van der Waals surface area contributed by atoms with Crippen molar-refractivity contribution < 1.29 is 4.79 Å². The van der Waals surface area contributed by atoms with Gasteiger partial charge >= 0.3 is 0 Å². The van der Waals surface area contributed by atoms with Gasteiger partial charge in [0.25, 0.3) is 5.91 Å². The molecule has 0 N–H and O–H groups in total. The Balaban J connectivity index is 1.98. The van der Waals surface area contributed by atoms with E-state index in [4.69, 9.17) is 12.2 Å². The molecule has 81 valence electrons. The maximum atomic E-state index is 12.2. The molecular weight excluding hydrogens is 220 g/mol. The molecule has 0 saturated carbocycles. The van der Waals surface area contributed by atoms with Crippen molar-refractivity contribution in [2.75, 3.05) is 11.4 Å². The molecule has 2 fully saturated rings. The predicted molar refractivity (Wildman–Crippen MR) is 65.7 cm³/mol. The van der Waals surface area contributed by atoms with Crippen LogP contribution in [0.3, 0.4) is 0 Å². The summed E-state index contributed by atoms with van der Waals surface area (Å²) >= 11 is 5.35. The molecule has 0 aromatic heterocycles. The van der Waals surface area contributed by atoms with Gasteiger partial charge in [-0.2, -0.15) is 0 Å². The zero-order valence-electron chi connectivity index (χ0n) is 8.72. The van der Waals surface area contributed by atoms with Gasteiger partial charge in [0.1, 0.15) is 0 Å². The second-order valence-corrected chi connectivity index (χ2v) is 4.33. The van der Waals surface area contributed by atoms with E-state index in [0.29, 0.717) is 5.11 Å². The number of thiocarbonyl (C=S) groups is 1. The van der Waals surface area contributed by atoms with Gasteiger partial charge in [0.2, 0.25) is 0 Å². The van der Waals surface area contributed by atoms with Crippen molar-refractivity contribution in [3.8, 4) is 0 Å². The van der Waals surface area contributed by atoms with E-state index in [9.17, 15) is 4.79 Å². The summed E-state index contributed by atoms with van der Waals surface area (Å²) < 4.78 is 0. The first-order chi connectivity index (χ1) is 7.79. The van der Waals surface area contributed by atoms with Gasteiger partial charge in [0, 0.05) is 6.54 Å². The quantitative estimate of drug-likeness (QED) is 0.690. The lowest BCUT2D eigenvalue weighted by molar-refractivity contribution is -0.116. The minimum Gasteiger partial charge on any atom is -0.331 e. The van der Waals surface area contributed by atoms with Crippen LogP contribution in [0.4, 0.5) is 5.69 Å². The summed E-state index contributed by atoms with van der Waals surface area (Å²) in [7, 11) is 0. The molecule has 2 aliphatic rings. The Morgan fingerprint density at radius 3 is 2.62 bits per heavy atom. The lowest BCUT2D eigenvalue weighted by Gasteiger charge is -2.18. The summed E-state index contributed by atoms with van der Waals surface area (Å²) in [5, 5.41) is 0.628. The third-order valence-electron chi connectivity index (χ3n) is 3.01. The van der Waals surface area contributed by atoms with Gasteiger partial charge < -0.3 is 4.90 Å². The van der Waals surface area contributed by atoms with Crippen LogP contribution in [0.2, 0.25) is 0 Å². The number of nitrogens with zero attached hydrogens (tertiary/aromatic N) is 2. The van der Waals surface area contributed by atoms with E-state index in [1.165, 1.54) is 0 Å². The first kappa shape index (κ1) is 9.78. The predicted octanol–water partition coefficient (Wildman–Crippen LogP) is 1.95. The Bertz CT molecular complexity index is 424. The lowest BCUT2D eigenvalue weighted by atomic mass is 10.2. The van der Waals surface area contributed by atoms with Crippen LogP contribution in [0.1, 0.15) is 12.8 Å². The number of hydrogen-bond acceptors (Lipinski definition) is 2. The van der Waals surface area contributed by atoms with Gasteiger partial charge in [0.15, 0.2) is 11.2 Å². The lowest BCUT2D eigenvalue weighted by Crippen LogP contribution is -2.32. The summed E-state index contributed by atoms with van der Waals surface area (Å²) in [5.41, 5.74) is 0.861. The van der Waals surface area contributed by atoms with Gasteiger partial charge in [-0.3, -0.25) is 9.69 Å². The molecule has 1 radical (unpaired) electrons. The highest BCUT2D eigenvalue weighted by Gasteiger charge is 2.46. The molecule has 16 heavy (non-hydrogen) atoms. The van der Waals surface area contributed by atoms with E-state index >= 15 is 0 Å². The van der Waals surface area contributed by atoms with Crippen LogP contribution in [-0.2, 0) is 4.79 Å². The Labute approximate surface area is 99.6 Å². The van der Waals surface area contributed by atoms with Gasteiger partial charge in [-0.25, -0.2) is 0 Å². The molecule has 3 rings (SSSR count). The van der Waals surface area contributed by atoms with Gasteiger partial charge in [0.05, 0.1) is 5.69 Å². The standard InChI is InChI=1S/C12H11N2OS/c15-11-10-7-4-8-13(10)12(16)14(11)9-5-2-1-3-6-9/h1-3,5-6H,4,7-8H2. The Hall–Kier alpha value is -1.42. The molecule has 0 aliphatic carbocycles. The third kappa shape index (κ3) is 1.26. The van der Waals surface area contributed by atoms with E-state index in [0.717, 1.165) is 31.1 Å². The van der Waals surface area contributed by atoms with E-state index in [1.54, 1.807) is 4.90 Å². The summed E-state index contributed by atoms with van der Waals surface area (Å²) in [5.74, 6) is 0.0497. The first-order valence-electron chi connectivity index (χ1n) is 5.36. The average molecular weight is 231 g/mol. The number of carbonyl (C=O) groups excluding carboxylic acids is 1. The summed E-state index contributed by atoms with van der Waals surface area (Å²) in [4.78, 5) is 15.7. The minimum atomic E-state index is 0.0497. The SMILES string of the molecule is O=C1[C]2CCCN2C(=S)N1c1ccccc1. The molecule has 1 amide bonds. The number of rotatable bonds is 1. The molecule has 3 nitrogen and oxygen atoms in total. The zero-order chi connectivity index (χ0) is 11.1. The number of para-hydroxylation sites is 1. The smallest absolute Gasteiger partial charge is 0.262 e. The molecule has 1 aromatic rings. The summed E-state index contributed by atoms with van der Waals surface area (Å²) in [6, 6.07) is 10.4. The fourth-order valence-corrected chi connectivity index (χ4v) is 2.64. The van der Waals surface area contributed by atoms with Crippen LogP contribution in [0.25, 0.3) is 0 Å². The van der Waals surface area contributed by atoms with Crippen LogP contribution >= 0.6 is 12.2 Å². The van der Waals surface area contributed by atoms with Crippen molar-refractivity contribution in [2.45, 2.75) is 12.8 Å². The molecular formula is C12H11N2OS. The minimum absolute atomic E-state index is 0.0497. The first-order valence-corrected chi connectivity index (χ1v) is 5.76.